The number of hydrogen-bond donors (Lipinski definition) is 1. The maximum absolute atomic E-state index is 12.6. The smallest absolute Gasteiger partial charge is 0.257 e. The van der Waals surface area contributed by atoms with Gasteiger partial charge in [-0.3, -0.25) is 10.1 Å². The van der Waals surface area contributed by atoms with E-state index >= 15 is 0 Å². The summed E-state index contributed by atoms with van der Waals surface area (Å²) in [4.78, 5) is 25.2. The SMILES string of the molecule is COc1ccc2cc3c(nc2c1)N(c1ccc(C(=O)Nc2nc(C)c(C)s2)cc1)CC3. The standard InChI is InChI=1S/C24H22N4O2S/c1-14-15(2)31-24(25-14)27-23(29)16-4-7-19(8-5-16)28-11-10-18-12-17-6-9-20(30-3)13-21(17)26-22(18)28/h4-9,12-13H,10-11H2,1-3H3,(H,25,27,29). The molecule has 0 spiro atoms. The zero-order valence-corrected chi connectivity index (χ0v) is 18.4. The highest BCUT2D eigenvalue weighted by Gasteiger charge is 2.23. The number of pyridine rings is 1. The monoisotopic (exact) mass is 430 g/mol. The molecule has 1 amide bonds. The highest BCUT2D eigenvalue weighted by Crippen LogP contribution is 2.35. The van der Waals surface area contributed by atoms with Crippen molar-refractivity contribution in [1.29, 1.82) is 0 Å². The number of nitrogens with one attached hydrogen (secondary N) is 1. The summed E-state index contributed by atoms with van der Waals surface area (Å²) in [5, 5.41) is 4.63. The number of hydrogen-bond acceptors (Lipinski definition) is 6. The number of aryl methyl sites for hydroxylation is 2. The third-order valence-corrected chi connectivity index (χ3v) is 6.62. The predicted octanol–water partition coefficient (Wildman–Crippen LogP) is 5.26. The van der Waals surface area contributed by atoms with Crippen molar-refractivity contribution in [2.24, 2.45) is 0 Å². The Morgan fingerprint density at radius 2 is 1.90 bits per heavy atom. The molecule has 0 aliphatic carbocycles. The lowest BCUT2D eigenvalue weighted by molar-refractivity contribution is 0.102. The Labute approximate surface area is 184 Å². The Kier molecular flexibility index (Phi) is 4.82. The van der Waals surface area contributed by atoms with Gasteiger partial charge < -0.3 is 9.64 Å². The molecule has 156 valence electrons. The van der Waals surface area contributed by atoms with E-state index in [2.05, 4.69) is 21.3 Å². The van der Waals surface area contributed by atoms with E-state index in [0.29, 0.717) is 10.7 Å². The van der Waals surface area contributed by atoms with Crippen LogP contribution in [0.4, 0.5) is 16.6 Å². The first-order valence-corrected chi connectivity index (χ1v) is 10.9. The summed E-state index contributed by atoms with van der Waals surface area (Å²) in [5.41, 5.74) is 4.71. The van der Waals surface area contributed by atoms with Crippen LogP contribution >= 0.6 is 11.3 Å². The van der Waals surface area contributed by atoms with Gasteiger partial charge in [0.05, 0.1) is 18.3 Å². The largest absolute Gasteiger partial charge is 0.497 e. The molecule has 0 atom stereocenters. The molecule has 7 heteroatoms. The number of carbonyl (C=O) groups is 1. The van der Waals surface area contributed by atoms with E-state index in [1.807, 2.05) is 56.3 Å². The number of anilines is 3. The number of benzene rings is 2. The van der Waals surface area contributed by atoms with Crippen molar-refractivity contribution in [3.05, 3.63) is 70.2 Å². The van der Waals surface area contributed by atoms with Gasteiger partial charge in [-0.25, -0.2) is 9.97 Å². The number of ether oxygens (including phenoxy) is 1. The summed E-state index contributed by atoms with van der Waals surface area (Å²) in [6.45, 7) is 4.80. The Morgan fingerprint density at radius 1 is 1.10 bits per heavy atom. The molecular weight excluding hydrogens is 408 g/mol. The van der Waals surface area contributed by atoms with Gasteiger partial charge >= 0.3 is 0 Å². The Bertz CT molecular complexity index is 1280. The fourth-order valence-electron chi connectivity index (χ4n) is 3.80. The van der Waals surface area contributed by atoms with Crippen LogP contribution in [0, 0.1) is 13.8 Å². The van der Waals surface area contributed by atoms with Crippen LogP contribution in [0.2, 0.25) is 0 Å². The molecule has 5 rings (SSSR count). The first-order valence-electron chi connectivity index (χ1n) is 10.1. The van der Waals surface area contributed by atoms with Crippen molar-refractivity contribution >= 4 is 44.8 Å². The summed E-state index contributed by atoms with van der Waals surface area (Å²) in [6.07, 6.45) is 0.940. The van der Waals surface area contributed by atoms with Crippen molar-refractivity contribution in [3.63, 3.8) is 0 Å². The summed E-state index contributed by atoms with van der Waals surface area (Å²) >= 11 is 1.49. The minimum atomic E-state index is -0.154. The summed E-state index contributed by atoms with van der Waals surface area (Å²) in [6, 6.07) is 15.8. The van der Waals surface area contributed by atoms with Gasteiger partial charge in [-0.2, -0.15) is 0 Å². The minimum Gasteiger partial charge on any atom is -0.497 e. The maximum Gasteiger partial charge on any atom is 0.257 e. The van der Waals surface area contributed by atoms with Gasteiger partial charge in [0.25, 0.3) is 5.91 Å². The fourth-order valence-corrected chi connectivity index (χ4v) is 4.61. The Hall–Kier alpha value is -3.45. The minimum absolute atomic E-state index is 0.154. The number of rotatable bonds is 4. The molecule has 0 saturated heterocycles. The number of thiazole rings is 1. The van der Waals surface area contributed by atoms with Gasteiger partial charge in [-0.1, -0.05) is 0 Å². The summed E-state index contributed by atoms with van der Waals surface area (Å²) in [5.74, 6) is 1.61. The van der Waals surface area contributed by atoms with Crippen LogP contribution in [-0.2, 0) is 6.42 Å². The lowest BCUT2D eigenvalue weighted by atomic mass is 10.1. The van der Waals surface area contributed by atoms with Crippen LogP contribution in [0.25, 0.3) is 10.9 Å². The van der Waals surface area contributed by atoms with Crippen molar-refractivity contribution < 1.29 is 9.53 Å². The predicted molar refractivity (Wildman–Crippen MR) is 125 cm³/mol. The number of carbonyl (C=O) groups excluding carboxylic acids is 1. The van der Waals surface area contributed by atoms with Crippen LogP contribution in [-0.4, -0.2) is 29.5 Å². The van der Waals surface area contributed by atoms with E-state index in [1.165, 1.54) is 16.9 Å². The molecular formula is C24H22N4O2S. The molecule has 1 N–H and O–H groups in total. The third kappa shape index (κ3) is 3.61. The van der Waals surface area contributed by atoms with Crippen molar-refractivity contribution in [1.82, 2.24) is 9.97 Å². The zero-order chi connectivity index (χ0) is 21.5. The number of fused-ring (bicyclic) bond motifs is 2. The van der Waals surface area contributed by atoms with E-state index in [1.54, 1.807) is 7.11 Å². The van der Waals surface area contributed by atoms with Crippen LogP contribution in [0.15, 0.2) is 48.5 Å². The molecule has 1 aliphatic rings. The van der Waals surface area contributed by atoms with Crippen molar-refractivity contribution in [3.8, 4) is 5.75 Å². The number of nitrogens with zero attached hydrogens (tertiary/aromatic N) is 3. The van der Waals surface area contributed by atoms with Gasteiger partial charge in [0.2, 0.25) is 0 Å². The number of methoxy groups -OCH3 is 1. The highest BCUT2D eigenvalue weighted by atomic mass is 32.1. The molecule has 2 aromatic heterocycles. The second-order valence-corrected chi connectivity index (χ2v) is 8.80. The van der Waals surface area contributed by atoms with Crippen LogP contribution in [0.3, 0.4) is 0 Å². The van der Waals surface area contributed by atoms with Crippen LogP contribution < -0.4 is 15.0 Å². The van der Waals surface area contributed by atoms with Crippen LogP contribution in [0.1, 0.15) is 26.5 Å². The van der Waals surface area contributed by atoms with Gasteiger partial charge in [0.15, 0.2) is 5.13 Å². The molecule has 3 heterocycles. The van der Waals surface area contributed by atoms with Crippen molar-refractivity contribution in [2.45, 2.75) is 20.3 Å². The molecule has 4 aromatic rings. The molecule has 0 unspecified atom stereocenters. The van der Waals surface area contributed by atoms with Gasteiger partial charge in [-0.15, -0.1) is 11.3 Å². The molecule has 0 bridgehead atoms. The molecule has 2 aromatic carbocycles. The topological polar surface area (TPSA) is 67.3 Å². The third-order valence-electron chi connectivity index (χ3n) is 5.63. The lowest BCUT2D eigenvalue weighted by Crippen LogP contribution is -2.15. The highest BCUT2D eigenvalue weighted by molar-refractivity contribution is 7.15. The van der Waals surface area contributed by atoms with E-state index in [0.717, 1.165) is 51.7 Å². The average molecular weight is 431 g/mol. The van der Waals surface area contributed by atoms with E-state index in [-0.39, 0.29) is 5.91 Å². The molecule has 0 radical (unpaired) electrons. The number of amides is 1. The Morgan fingerprint density at radius 3 is 2.61 bits per heavy atom. The Balaban J connectivity index is 1.39. The van der Waals surface area contributed by atoms with Crippen LogP contribution in [0.5, 0.6) is 5.75 Å². The zero-order valence-electron chi connectivity index (χ0n) is 17.6. The quantitative estimate of drug-likeness (QED) is 0.478. The summed E-state index contributed by atoms with van der Waals surface area (Å²) < 4.78 is 5.34. The molecule has 0 fully saturated rings. The second-order valence-electron chi connectivity index (χ2n) is 7.59. The molecule has 0 saturated carbocycles. The van der Waals surface area contributed by atoms with Gasteiger partial charge in [-0.05, 0) is 68.3 Å². The second kappa shape index (κ2) is 7.67. The van der Waals surface area contributed by atoms with E-state index in [4.69, 9.17) is 9.72 Å². The maximum atomic E-state index is 12.6. The fraction of sp³-hybridized carbons (Fsp3) is 0.208. The van der Waals surface area contributed by atoms with Crippen molar-refractivity contribution in [2.75, 3.05) is 23.9 Å². The van der Waals surface area contributed by atoms with Gasteiger partial charge in [0.1, 0.15) is 11.6 Å². The molecule has 6 nitrogen and oxygen atoms in total. The molecule has 31 heavy (non-hydrogen) atoms. The first-order chi connectivity index (χ1) is 15.0. The molecule has 1 aliphatic heterocycles. The number of aromatic nitrogens is 2. The first kappa shape index (κ1) is 19.5. The average Bonchev–Trinajstić information content (AvgIpc) is 3.33. The summed E-state index contributed by atoms with van der Waals surface area (Å²) in [7, 11) is 1.66. The lowest BCUT2D eigenvalue weighted by Gasteiger charge is -2.19. The van der Waals surface area contributed by atoms with E-state index < -0.39 is 0 Å². The van der Waals surface area contributed by atoms with Gasteiger partial charge in [0, 0.05) is 34.1 Å². The normalized spacial score (nSPS) is 12.8. The van der Waals surface area contributed by atoms with E-state index in [9.17, 15) is 4.79 Å².